The molecule has 7 heteroatoms. The second-order valence-electron chi connectivity index (χ2n) is 5.48. The van der Waals surface area contributed by atoms with Crippen molar-refractivity contribution >= 4 is 34.0 Å². The fourth-order valence-corrected chi connectivity index (χ4v) is 3.97. The van der Waals surface area contributed by atoms with E-state index in [1.165, 1.54) is 0 Å². The molecule has 0 aromatic heterocycles. The quantitative estimate of drug-likeness (QED) is 0.860. The number of benzene rings is 2. The first kappa shape index (κ1) is 17.2. The first-order valence-electron chi connectivity index (χ1n) is 7.91. The van der Waals surface area contributed by atoms with Crippen molar-refractivity contribution in [3.8, 4) is 5.75 Å². The van der Waals surface area contributed by atoms with Crippen LogP contribution in [-0.4, -0.2) is 27.9 Å². The van der Waals surface area contributed by atoms with Gasteiger partial charge in [0, 0.05) is 5.69 Å². The van der Waals surface area contributed by atoms with Crippen molar-refractivity contribution in [3.05, 3.63) is 48.5 Å². The maximum Gasteiger partial charge on any atom is 0.241 e. The van der Waals surface area contributed by atoms with Crippen LogP contribution >= 0.6 is 0 Å². The molecule has 0 bridgehead atoms. The lowest BCUT2D eigenvalue weighted by Gasteiger charge is -2.23. The molecule has 0 unspecified atom stereocenters. The van der Waals surface area contributed by atoms with Crippen molar-refractivity contribution in [2.45, 2.75) is 23.5 Å². The van der Waals surface area contributed by atoms with Gasteiger partial charge in [0.2, 0.25) is 11.8 Å². The number of hydrogen-bond acceptors (Lipinski definition) is 4. The van der Waals surface area contributed by atoms with Gasteiger partial charge in [-0.3, -0.25) is 13.8 Å². The number of carbonyl (C=O) groups excluding carboxylic acids is 2. The van der Waals surface area contributed by atoms with Crippen molar-refractivity contribution in [1.82, 2.24) is 0 Å². The van der Waals surface area contributed by atoms with Gasteiger partial charge >= 0.3 is 0 Å². The van der Waals surface area contributed by atoms with Crippen LogP contribution in [0.5, 0.6) is 5.75 Å². The molecule has 0 fully saturated rings. The molecule has 130 valence electrons. The Bertz CT molecular complexity index is 820. The highest BCUT2D eigenvalue weighted by atomic mass is 32.2. The van der Waals surface area contributed by atoms with Gasteiger partial charge in [0.1, 0.15) is 11.0 Å². The number of anilines is 2. The average Bonchev–Trinajstić information content (AvgIpc) is 2.60. The molecule has 0 spiro atoms. The molecule has 2 amide bonds. The summed E-state index contributed by atoms with van der Waals surface area (Å²) in [7, 11) is -1.56. The summed E-state index contributed by atoms with van der Waals surface area (Å²) < 4.78 is 17.9. The Morgan fingerprint density at radius 3 is 2.64 bits per heavy atom. The van der Waals surface area contributed by atoms with Crippen LogP contribution in [-0.2, 0) is 20.4 Å². The third-order valence-corrected chi connectivity index (χ3v) is 5.42. The van der Waals surface area contributed by atoms with Crippen LogP contribution in [0.1, 0.15) is 13.3 Å². The molecule has 2 aromatic rings. The van der Waals surface area contributed by atoms with Gasteiger partial charge in [0.05, 0.1) is 34.4 Å². The average molecular weight is 358 g/mol. The number of carbonyl (C=O) groups is 2. The van der Waals surface area contributed by atoms with Crippen molar-refractivity contribution in [2.24, 2.45) is 0 Å². The zero-order valence-corrected chi connectivity index (χ0v) is 14.5. The van der Waals surface area contributed by atoms with Gasteiger partial charge < -0.3 is 15.4 Å². The lowest BCUT2D eigenvalue weighted by Crippen LogP contribution is -2.39. The van der Waals surface area contributed by atoms with Crippen LogP contribution < -0.4 is 15.4 Å². The number of fused-ring (bicyclic) bond motifs is 1. The number of rotatable bonds is 5. The maximum atomic E-state index is 12.6. The van der Waals surface area contributed by atoms with E-state index in [0.717, 1.165) is 0 Å². The highest BCUT2D eigenvalue weighted by Crippen LogP contribution is 2.28. The molecule has 0 saturated carbocycles. The highest BCUT2D eigenvalue weighted by Gasteiger charge is 2.34. The lowest BCUT2D eigenvalue weighted by molar-refractivity contribution is -0.120. The Morgan fingerprint density at radius 1 is 1.20 bits per heavy atom. The zero-order chi connectivity index (χ0) is 17.8. The molecule has 6 nitrogen and oxygen atoms in total. The predicted octanol–water partition coefficient (Wildman–Crippen LogP) is 2.54. The van der Waals surface area contributed by atoms with E-state index in [2.05, 4.69) is 10.6 Å². The molecular formula is C18H18N2O4S. The summed E-state index contributed by atoms with van der Waals surface area (Å²) in [5.74, 6) is -0.0548. The minimum Gasteiger partial charge on any atom is -0.494 e. The molecule has 0 saturated heterocycles. The van der Waals surface area contributed by atoms with Crippen molar-refractivity contribution in [1.29, 1.82) is 0 Å². The molecular weight excluding hydrogens is 340 g/mol. The second kappa shape index (κ2) is 7.48. The summed E-state index contributed by atoms with van der Waals surface area (Å²) in [6.07, 6.45) is -0.153. The summed E-state index contributed by atoms with van der Waals surface area (Å²) >= 11 is 0. The number of amides is 2. The Kier molecular flexibility index (Phi) is 5.14. The van der Waals surface area contributed by atoms with Crippen LogP contribution in [0.15, 0.2) is 53.4 Å². The molecule has 25 heavy (non-hydrogen) atoms. The molecule has 1 heterocycles. The standard InChI is InChI=1S/C18H18N2O4S/c1-2-24-13-9-7-12(8-10-13)19-17(21)11-16-18(22)20-14-5-3-4-6-15(14)25(16)23/h3-10,16H,2,11H2,1H3,(H,19,21)(H,20,22)/t16-,25+/m0/s1. The number of para-hydroxylation sites is 1. The largest absolute Gasteiger partial charge is 0.494 e. The smallest absolute Gasteiger partial charge is 0.241 e. The van der Waals surface area contributed by atoms with E-state index >= 15 is 0 Å². The summed E-state index contributed by atoms with van der Waals surface area (Å²) in [4.78, 5) is 25.0. The zero-order valence-electron chi connectivity index (χ0n) is 13.7. The van der Waals surface area contributed by atoms with Gasteiger partial charge in [-0.1, -0.05) is 12.1 Å². The SMILES string of the molecule is CCOc1ccc(NC(=O)C[C@H]2C(=O)Nc3ccccc3[S@]2=O)cc1. The van der Waals surface area contributed by atoms with Gasteiger partial charge in [-0.2, -0.15) is 0 Å². The molecule has 2 aromatic carbocycles. The topological polar surface area (TPSA) is 84.5 Å². The van der Waals surface area contributed by atoms with E-state index in [4.69, 9.17) is 4.74 Å². The normalized spacial score (nSPS) is 18.8. The second-order valence-corrected chi connectivity index (χ2v) is 7.08. The number of hydrogen-bond donors (Lipinski definition) is 2. The minimum absolute atomic E-state index is 0.153. The molecule has 2 atom stereocenters. The van der Waals surface area contributed by atoms with Crippen LogP contribution in [0.3, 0.4) is 0 Å². The minimum atomic E-state index is -1.56. The van der Waals surface area contributed by atoms with E-state index in [9.17, 15) is 13.8 Å². The molecule has 0 radical (unpaired) electrons. The maximum absolute atomic E-state index is 12.6. The van der Waals surface area contributed by atoms with E-state index in [0.29, 0.717) is 28.6 Å². The van der Waals surface area contributed by atoms with Crippen molar-refractivity contribution < 1.29 is 18.5 Å². The van der Waals surface area contributed by atoms with E-state index < -0.39 is 22.0 Å². The molecule has 0 aliphatic carbocycles. The van der Waals surface area contributed by atoms with Crippen molar-refractivity contribution in [2.75, 3.05) is 17.2 Å². The van der Waals surface area contributed by atoms with Crippen LogP contribution in [0, 0.1) is 0 Å². The van der Waals surface area contributed by atoms with Gasteiger partial charge in [-0.05, 0) is 43.3 Å². The lowest BCUT2D eigenvalue weighted by atomic mass is 10.2. The first-order valence-corrected chi connectivity index (χ1v) is 9.13. The van der Waals surface area contributed by atoms with Crippen molar-refractivity contribution in [3.63, 3.8) is 0 Å². The molecule has 2 N–H and O–H groups in total. The summed E-state index contributed by atoms with van der Waals surface area (Å²) in [5, 5.41) is 4.51. The van der Waals surface area contributed by atoms with E-state index in [1.807, 2.05) is 6.92 Å². The molecule has 1 aliphatic heterocycles. The monoisotopic (exact) mass is 358 g/mol. The summed E-state index contributed by atoms with van der Waals surface area (Å²) in [6.45, 7) is 2.46. The van der Waals surface area contributed by atoms with Crippen LogP contribution in [0.25, 0.3) is 0 Å². The van der Waals surface area contributed by atoms with Crippen LogP contribution in [0.2, 0.25) is 0 Å². The van der Waals surface area contributed by atoms with E-state index in [-0.39, 0.29) is 12.3 Å². The fourth-order valence-electron chi connectivity index (χ4n) is 2.56. The first-order chi connectivity index (χ1) is 12.1. The van der Waals surface area contributed by atoms with Crippen LogP contribution in [0.4, 0.5) is 11.4 Å². The van der Waals surface area contributed by atoms with Gasteiger partial charge in [0.15, 0.2) is 0 Å². The Labute approximate surface area is 148 Å². The van der Waals surface area contributed by atoms with Gasteiger partial charge in [-0.25, -0.2) is 0 Å². The van der Waals surface area contributed by atoms with Gasteiger partial charge in [0.25, 0.3) is 0 Å². The van der Waals surface area contributed by atoms with Gasteiger partial charge in [-0.15, -0.1) is 0 Å². The third kappa shape index (κ3) is 3.88. The predicted molar refractivity (Wildman–Crippen MR) is 96.1 cm³/mol. The fraction of sp³-hybridized carbons (Fsp3) is 0.222. The summed E-state index contributed by atoms with van der Waals surface area (Å²) in [6, 6.07) is 13.8. The highest BCUT2D eigenvalue weighted by molar-refractivity contribution is 7.86. The summed E-state index contributed by atoms with van der Waals surface area (Å²) in [5.41, 5.74) is 1.13. The third-order valence-electron chi connectivity index (χ3n) is 3.73. The number of ether oxygens (including phenoxy) is 1. The van der Waals surface area contributed by atoms with E-state index in [1.54, 1.807) is 48.5 Å². The molecule has 3 rings (SSSR count). The number of nitrogens with one attached hydrogen (secondary N) is 2. The Hall–Kier alpha value is -2.67. The molecule has 1 aliphatic rings. The Morgan fingerprint density at radius 2 is 1.92 bits per heavy atom. The Balaban J connectivity index is 1.66.